The van der Waals surface area contributed by atoms with Crippen molar-refractivity contribution in [3.8, 4) is 0 Å². The zero-order chi connectivity index (χ0) is 16.1. The standard InChI is InChI=1S/C18H22N2O2S/c19-18(21)15-7-5-14(6-8-15)11-20(12-16-3-1-9-22-16)13-17-4-2-10-23-17/h2,4-8,10,16H,1,3,9,11-13H2,(H2,19,21)/t16-/m1/s1. The number of ether oxygens (including phenoxy) is 1. The first-order valence-corrected chi connectivity index (χ1v) is 8.84. The molecule has 4 nitrogen and oxygen atoms in total. The van der Waals surface area contributed by atoms with Crippen molar-refractivity contribution >= 4 is 17.2 Å². The number of nitrogens with zero attached hydrogens (tertiary/aromatic N) is 1. The number of hydrogen-bond donors (Lipinski definition) is 1. The molecule has 1 aromatic carbocycles. The summed E-state index contributed by atoms with van der Waals surface area (Å²) in [6.07, 6.45) is 2.63. The molecule has 0 unspecified atom stereocenters. The number of nitrogens with two attached hydrogens (primary N) is 1. The predicted octanol–water partition coefficient (Wildman–Crippen LogP) is 3.03. The molecule has 1 saturated heterocycles. The van der Waals surface area contributed by atoms with E-state index in [2.05, 4.69) is 22.4 Å². The molecule has 5 heteroatoms. The minimum absolute atomic E-state index is 0.333. The fraction of sp³-hybridized carbons (Fsp3) is 0.389. The van der Waals surface area contributed by atoms with Crippen molar-refractivity contribution in [2.24, 2.45) is 5.73 Å². The number of rotatable bonds is 7. The van der Waals surface area contributed by atoms with Gasteiger partial charge in [-0.05, 0) is 42.0 Å². The van der Waals surface area contributed by atoms with E-state index in [1.54, 1.807) is 23.5 Å². The highest BCUT2D eigenvalue weighted by Crippen LogP contribution is 2.19. The highest BCUT2D eigenvalue weighted by molar-refractivity contribution is 7.09. The number of carbonyl (C=O) groups excluding carboxylic acids is 1. The molecule has 122 valence electrons. The third-order valence-electron chi connectivity index (χ3n) is 4.09. The first-order chi connectivity index (χ1) is 11.2. The molecule has 0 radical (unpaired) electrons. The second-order valence-electron chi connectivity index (χ2n) is 5.95. The number of benzene rings is 1. The van der Waals surface area contributed by atoms with Gasteiger partial charge in [0, 0.05) is 36.7 Å². The van der Waals surface area contributed by atoms with E-state index in [0.717, 1.165) is 39.1 Å². The van der Waals surface area contributed by atoms with Gasteiger partial charge in [-0.25, -0.2) is 0 Å². The van der Waals surface area contributed by atoms with E-state index in [9.17, 15) is 4.79 Å². The summed E-state index contributed by atoms with van der Waals surface area (Å²) in [7, 11) is 0. The lowest BCUT2D eigenvalue weighted by molar-refractivity contribution is 0.0682. The van der Waals surface area contributed by atoms with Gasteiger partial charge >= 0.3 is 0 Å². The molecule has 0 bridgehead atoms. The quantitative estimate of drug-likeness (QED) is 0.849. The molecule has 2 N–H and O–H groups in total. The van der Waals surface area contributed by atoms with E-state index in [1.165, 1.54) is 10.4 Å². The van der Waals surface area contributed by atoms with Crippen LogP contribution in [0.4, 0.5) is 0 Å². The van der Waals surface area contributed by atoms with Crippen LogP contribution in [0.3, 0.4) is 0 Å². The molecular formula is C18H22N2O2S. The first-order valence-electron chi connectivity index (χ1n) is 7.96. The van der Waals surface area contributed by atoms with Crippen LogP contribution >= 0.6 is 11.3 Å². The number of primary amides is 1. The van der Waals surface area contributed by atoms with Gasteiger partial charge in [0.2, 0.25) is 5.91 Å². The fourth-order valence-electron chi connectivity index (χ4n) is 2.92. The van der Waals surface area contributed by atoms with Crippen molar-refractivity contribution in [3.63, 3.8) is 0 Å². The summed E-state index contributed by atoms with van der Waals surface area (Å²) >= 11 is 1.78. The van der Waals surface area contributed by atoms with Gasteiger partial charge in [0.05, 0.1) is 6.10 Å². The molecule has 0 saturated carbocycles. The molecule has 1 aliphatic rings. The van der Waals surface area contributed by atoms with Crippen LogP contribution in [0.2, 0.25) is 0 Å². The Morgan fingerprint density at radius 2 is 2.09 bits per heavy atom. The normalized spacial score (nSPS) is 17.7. The second-order valence-corrected chi connectivity index (χ2v) is 6.98. The number of amides is 1. The number of thiophene rings is 1. The smallest absolute Gasteiger partial charge is 0.248 e. The maximum Gasteiger partial charge on any atom is 0.248 e. The average Bonchev–Trinajstić information content (AvgIpc) is 3.21. The van der Waals surface area contributed by atoms with Crippen molar-refractivity contribution < 1.29 is 9.53 Å². The molecule has 1 aromatic heterocycles. The lowest BCUT2D eigenvalue weighted by atomic mass is 10.1. The van der Waals surface area contributed by atoms with E-state index in [1.807, 2.05) is 12.1 Å². The van der Waals surface area contributed by atoms with Gasteiger partial charge < -0.3 is 10.5 Å². The van der Waals surface area contributed by atoms with E-state index >= 15 is 0 Å². The van der Waals surface area contributed by atoms with Crippen LogP contribution in [-0.2, 0) is 17.8 Å². The zero-order valence-corrected chi connectivity index (χ0v) is 13.9. The second kappa shape index (κ2) is 7.73. The monoisotopic (exact) mass is 330 g/mol. The highest BCUT2D eigenvalue weighted by atomic mass is 32.1. The largest absolute Gasteiger partial charge is 0.377 e. The van der Waals surface area contributed by atoms with Crippen LogP contribution in [0, 0.1) is 0 Å². The summed E-state index contributed by atoms with van der Waals surface area (Å²) < 4.78 is 5.79. The van der Waals surface area contributed by atoms with Gasteiger partial charge in [0.15, 0.2) is 0 Å². The van der Waals surface area contributed by atoms with Gasteiger partial charge in [0.1, 0.15) is 0 Å². The summed E-state index contributed by atoms with van der Waals surface area (Å²) in [5.41, 5.74) is 7.04. The Morgan fingerprint density at radius 3 is 2.70 bits per heavy atom. The Balaban J connectivity index is 1.67. The summed E-state index contributed by atoms with van der Waals surface area (Å²) in [6.45, 7) is 3.59. The van der Waals surface area contributed by atoms with Crippen LogP contribution < -0.4 is 5.73 Å². The zero-order valence-electron chi connectivity index (χ0n) is 13.1. The molecule has 0 spiro atoms. The van der Waals surface area contributed by atoms with Crippen LogP contribution in [0.5, 0.6) is 0 Å². The van der Waals surface area contributed by atoms with Gasteiger partial charge in [-0.15, -0.1) is 11.3 Å². The van der Waals surface area contributed by atoms with Gasteiger partial charge in [-0.2, -0.15) is 0 Å². The Bertz CT molecular complexity index is 619. The number of carbonyl (C=O) groups is 1. The highest BCUT2D eigenvalue weighted by Gasteiger charge is 2.20. The Labute approximate surface area is 140 Å². The minimum Gasteiger partial charge on any atom is -0.377 e. The van der Waals surface area contributed by atoms with Crippen LogP contribution in [0.1, 0.15) is 33.6 Å². The molecule has 0 aliphatic carbocycles. The lowest BCUT2D eigenvalue weighted by Crippen LogP contribution is -2.31. The summed E-state index contributed by atoms with van der Waals surface area (Å²) in [4.78, 5) is 14.9. The van der Waals surface area contributed by atoms with Gasteiger partial charge in [-0.3, -0.25) is 9.69 Å². The Kier molecular flexibility index (Phi) is 5.43. The molecule has 23 heavy (non-hydrogen) atoms. The van der Waals surface area contributed by atoms with Crippen molar-refractivity contribution in [1.29, 1.82) is 0 Å². The molecule has 1 aliphatic heterocycles. The van der Waals surface area contributed by atoms with Crippen LogP contribution in [0.15, 0.2) is 41.8 Å². The summed E-state index contributed by atoms with van der Waals surface area (Å²) in [5, 5.41) is 2.11. The van der Waals surface area contributed by atoms with Crippen molar-refractivity contribution in [2.45, 2.75) is 32.0 Å². The third kappa shape index (κ3) is 4.64. The SMILES string of the molecule is NC(=O)c1ccc(CN(Cc2cccs2)C[C@H]2CCCO2)cc1. The fourth-order valence-corrected chi connectivity index (χ4v) is 3.66. The predicted molar refractivity (Wildman–Crippen MR) is 92.4 cm³/mol. The Morgan fingerprint density at radius 1 is 1.26 bits per heavy atom. The molecule has 1 atom stereocenters. The van der Waals surface area contributed by atoms with Crippen LogP contribution in [0.25, 0.3) is 0 Å². The number of hydrogen-bond acceptors (Lipinski definition) is 4. The van der Waals surface area contributed by atoms with Gasteiger partial charge in [-0.1, -0.05) is 18.2 Å². The third-order valence-corrected chi connectivity index (χ3v) is 4.95. The van der Waals surface area contributed by atoms with Gasteiger partial charge in [0.25, 0.3) is 0 Å². The average molecular weight is 330 g/mol. The van der Waals surface area contributed by atoms with E-state index in [0.29, 0.717) is 11.7 Å². The maximum absolute atomic E-state index is 11.2. The molecular weight excluding hydrogens is 308 g/mol. The minimum atomic E-state index is -0.383. The van der Waals surface area contributed by atoms with Crippen LogP contribution in [-0.4, -0.2) is 30.1 Å². The van der Waals surface area contributed by atoms with Crippen molar-refractivity contribution in [2.75, 3.05) is 13.2 Å². The first kappa shape index (κ1) is 16.2. The summed E-state index contributed by atoms with van der Waals surface area (Å²) in [6, 6.07) is 11.8. The molecule has 2 heterocycles. The van der Waals surface area contributed by atoms with E-state index in [-0.39, 0.29) is 5.91 Å². The van der Waals surface area contributed by atoms with E-state index < -0.39 is 0 Å². The van der Waals surface area contributed by atoms with Crippen molar-refractivity contribution in [1.82, 2.24) is 4.90 Å². The topological polar surface area (TPSA) is 55.6 Å². The maximum atomic E-state index is 11.2. The summed E-state index contributed by atoms with van der Waals surface area (Å²) in [5.74, 6) is -0.383. The molecule has 2 aromatic rings. The molecule has 3 rings (SSSR count). The molecule has 1 amide bonds. The molecule has 1 fully saturated rings. The van der Waals surface area contributed by atoms with E-state index in [4.69, 9.17) is 10.5 Å². The van der Waals surface area contributed by atoms with Crippen molar-refractivity contribution in [3.05, 3.63) is 57.8 Å². The lowest BCUT2D eigenvalue weighted by Gasteiger charge is -2.25. The Hall–Kier alpha value is -1.69.